The Morgan fingerprint density at radius 2 is 2.09 bits per heavy atom. The van der Waals surface area contributed by atoms with Crippen LogP contribution in [0.2, 0.25) is 5.28 Å². The molecule has 0 saturated heterocycles. The molecule has 1 aromatic heterocycles. The van der Waals surface area contributed by atoms with Crippen LogP contribution in [-0.2, 0) is 9.53 Å². The van der Waals surface area contributed by atoms with Crippen LogP contribution in [0.25, 0.3) is 0 Å². The van der Waals surface area contributed by atoms with Crippen LogP contribution < -0.4 is 10.6 Å². The third-order valence-corrected chi connectivity index (χ3v) is 3.23. The predicted octanol–water partition coefficient (Wildman–Crippen LogP) is 2.80. The minimum Gasteiger partial charge on any atom is -0.464 e. The number of carbonyl (C=O) groups is 1. The SMILES string of the molecule is CCOC(=O)C(C)N(c1ccccc1)c1nc(Cl)ncc1N. The normalized spacial score (nSPS) is 11.8. The molecular weight excluding hydrogens is 304 g/mol. The molecule has 116 valence electrons. The molecule has 0 aliphatic carbocycles. The molecule has 0 amide bonds. The van der Waals surface area contributed by atoms with E-state index in [4.69, 9.17) is 22.1 Å². The van der Waals surface area contributed by atoms with Gasteiger partial charge in [0.05, 0.1) is 18.5 Å². The topological polar surface area (TPSA) is 81.3 Å². The van der Waals surface area contributed by atoms with E-state index in [1.165, 1.54) is 6.20 Å². The number of nitrogens with two attached hydrogens (primary N) is 1. The highest BCUT2D eigenvalue weighted by atomic mass is 35.5. The average Bonchev–Trinajstić information content (AvgIpc) is 2.52. The Hall–Kier alpha value is -2.34. The Labute approximate surface area is 133 Å². The number of carbonyl (C=O) groups excluding carboxylic acids is 1. The largest absolute Gasteiger partial charge is 0.464 e. The van der Waals surface area contributed by atoms with Crippen LogP contribution in [0.4, 0.5) is 17.2 Å². The van der Waals surface area contributed by atoms with Crippen molar-refractivity contribution in [2.24, 2.45) is 0 Å². The molecule has 1 unspecified atom stereocenters. The van der Waals surface area contributed by atoms with E-state index < -0.39 is 6.04 Å². The van der Waals surface area contributed by atoms with Crippen LogP contribution in [0.5, 0.6) is 0 Å². The lowest BCUT2D eigenvalue weighted by atomic mass is 10.2. The van der Waals surface area contributed by atoms with E-state index in [0.717, 1.165) is 5.69 Å². The zero-order valence-electron chi connectivity index (χ0n) is 12.4. The third kappa shape index (κ3) is 3.46. The van der Waals surface area contributed by atoms with E-state index in [2.05, 4.69) is 9.97 Å². The summed E-state index contributed by atoms with van der Waals surface area (Å²) in [6, 6.07) is 8.69. The molecule has 0 aliphatic heterocycles. The van der Waals surface area contributed by atoms with Crippen molar-refractivity contribution < 1.29 is 9.53 Å². The van der Waals surface area contributed by atoms with Crippen molar-refractivity contribution in [2.45, 2.75) is 19.9 Å². The van der Waals surface area contributed by atoms with Gasteiger partial charge in [-0.05, 0) is 37.6 Å². The smallest absolute Gasteiger partial charge is 0.328 e. The molecule has 6 nitrogen and oxygen atoms in total. The molecule has 2 rings (SSSR count). The molecule has 0 bridgehead atoms. The first-order valence-electron chi connectivity index (χ1n) is 6.83. The summed E-state index contributed by atoms with van der Waals surface area (Å²) >= 11 is 5.87. The predicted molar refractivity (Wildman–Crippen MR) is 86.1 cm³/mol. The number of nitrogens with zero attached hydrogens (tertiary/aromatic N) is 3. The van der Waals surface area contributed by atoms with Gasteiger partial charge in [0.15, 0.2) is 5.82 Å². The zero-order valence-corrected chi connectivity index (χ0v) is 13.1. The highest BCUT2D eigenvalue weighted by Crippen LogP contribution is 2.31. The summed E-state index contributed by atoms with van der Waals surface area (Å²) in [7, 11) is 0. The summed E-state index contributed by atoms with van der Waals surface area (Å²) in [5.41, 5.74) is 7.04. The molecule has 1 aromatic carbocycles. The molecule has 2 aromatic rings. The number of ether oxygens (including phenoxy) is 1. The molecule has 2 N–H and O–H groups in total. The molecule has 1 atom stereocenters. The maximum atomic E-state index is 12.1. The second-order valence-corrected chi connectivity index (χ2v) is 4.89. The lowest BCUT2D eigenvalue weighted by molar-refractivity contribution is -0.144. The van der Waals surface area contributed by atoms with E-state index in [0.29, 0.717) is 18.1 Å². The number of aromatic nitrogens is 2. The second kappa shape index (κ2) is 7.09. The van der Waals surface area contributed by atoms with Crippen LogP contribution in [0.15, 0.2) is 36.5 Å². The van der Waals surface area contributed by atoms with Gasteiger partial charge >= 0.3 is 5.97 Å². The fraction of sp³-hybridized carbons (Fsp3) is 0.267. The number of rotatable bonds is 5. The van der Waals surface area contributed by atoms with Gasteiger partial charge in [-0.3, -0.25) is 0 Å². The minimum atomic E-state index is -0.615. The van der Waals surface area contributed by atoms with E-state index in [9.17, 15) is 4.79 Å². The Morgan fingerprint density at radius 3 is 2.73 bits per heavy atom. The van der Waals surface area contributed by atoms with Crippen molar-refractivity contribution in [2.75, 3.05) is 17.2 Å². The van der Waals surface area contributed by atoms with Gasteiger partial charge in [-0.15, -0.1) is 0 Å². The van der Waals surface area contributed by atoms with E-state index >= 15 is 0 Å². The quantitative estimate of drug-likeness (QED) is 0.674. The van der Waals surface area contributed by atoms with Crippen LogP contribution >= 0.6 is 11.6 Å². The van der Waals surface area contributed by atoms with Crippen molar-refractivity contribution >= 4 is 34.8 Å². The highest BCUT2D eigenvalue weighted by Gasteiger charge is 2.27. The monoisotopic (exact) mass is 320 g/mol. The Bertz CT molecular complexity index is 651. The summed E-state index contributed by atoms with van der Waals surface area (Å²) in [4.78, 5) is 21.8. The zero-order chi connectivity index (χ0) is 16.1. The summed E-state index contributed by atoms with van der Waals surface area (Å²) in [5, 5.41) is 0.0567. The minimum absolute atomic E-state index is 0.0567. The Kier molecular flexibility index (Phi) is 5.16. The molecule has 0 aliphatic rings. The van der Waals surface area contributed by atoms with Gasteiger partial charge in [0, 0.05) is 5.69 Å². The van der Waals surface area contributed by atoms with E-state index in [-0.39, 0.29) is 11.3 Å². The van der Waals surface area contributed by atoms with Crippen molar-refractivity contribution in [1.29, 1.82) is 0 Å². The molecule has 22 heavy (non-hydrogen) atoms. The summed E-state index contributed by atoms with van der Waals surface area (Å²) in [6.07, 6.45) is 1.42. The maximum absolute atomic E-state index is 12.1. The van der Waals surface area contributed by atoms with Gasteiger partial charge in [0.1, 0.15) is 6.04 Å². The summed E-state index contributed by atoms with van der Waals surface area (Å²) < 4.78 is 5.10. The van der Waals surface area contributed by atoms with Crippen molar-refractivity contribution in [3.63, 3.8) is 0 Å². The van der Waals surface area contributed by atoms with Gasteiger partial charge < -0.3 is 15.4 Å². The third-order valence-electron chi connectivity index (χ3n) is 3.04. The first-order valence-corrected chi connectivity index (χ1v) is 7.21. The van der Waals surface area contributed by atoms with Gasteiger partial charge in [-0.2, -0.15) is 4.98 Å². The molecule has 0 spiro atoms. The molecule has 0 fully saturated rings. The molecule has 7 heteroatoms. The van der Waals surface area contributed by atoms with Gasteiger partial charge in [-0.1, -0.05) is 18.2 Å². The van der Waals surface area contributed by atoms with Gasteiger partial charge in [0.25, 0.3) is 0 Å². The first-order chi connectivity index (χ1) is 10.5. The number of hydrogen-bond acceptors (Lipinski definition) is 6. The average molecular weight is 321 g/mol. The number of halogens is 1. The second-order valence-electron chi connectivity index (χ2n) is 4.55. The van der Waals surface area contributed by atoms with Crippen molar-refractivity contribution in [3.05, 3.63) is 41.8 Å². The van der Waals surface area contributed by atoms with Gasteiger partial charge in [-0.25, -0.2) is 9.78 Å². The fourth-order valence-electron chi connectivity index (χ4n) is 2.04. The number of hydrogen-bond donors (Lipinski definition) is 1. The molecule has 0 radical (unpaired) electrons. The molecular formula is C15H17ClN4O2. The van der Waals surface area contributed by atoms with Crippen LogP contribution in [0, 0.1) is 0 Å². The first kappa shape index (κ1) is 16.0. The number of esters is 1. The van der Waals surface area contributed by atoms with Crippen LogP contribution in [-0.4, -0.2) is 28.6 Å². The molecule has 1 heterocycles. The van der Waals surface area contributed by atoms with Crippen molar-refractivity contribution in [1.82, 2.24) is 9.97 Å². The lowest BCUT2D eigenvalue weighted by Gasteiger charge is -2.29. The van der Waals surface area contributed by atoms with Crippen LogP contribution in [0.1, 0.15) is 13.8 Å². The lowest BCUT2D eigenvalue weighted by Crippen LogP contribution is -2.37. The number of benzene rings is 1. The Morgan fingerprint density at radius 1 is 1.41 bits per heavy atom. The number of anilines is 3. The maximum Gasteiger partial charge on any atom is 0.328 e. The highest BCUT2D eigenvalue weighted by molar-refractivity contribution is 6.28. The summed E-state index contributed by atoms with van der Waals surface area (Å²) in [5.74, 6) is -0.00718. The van der Waals surface area contributed by atoms with E-state index in [1.807, 2.05) is 30.3 Å². The van der Waals surface area contributed by atoms with E-state index in [1.54, 1.807) is 18.7 Å². The number of nitrogen functional groups attached to an aromatic ring is 1. The van der Waals surface area contributed by atoms with Crippen molar-refractivity contribution in [3.8, 4) is 0 Å². The standard InChI is InChI=1S/C15H17ClN4O2/c1-3-22-14(21)10(2)20(11-7-5-4-6-8-11)13-12(17)9-18-15(16)19-13/h4-10H,3,17H2,1-2H3. The van der Waals surface area contributed by atoms with Gasteiger partial charge in [0.2, 0.25) is 5.28 Å². The molecule has 0 saturated carbocycles. The van der Waals surface area contributed by atoms with Crippen LogP contribution in [0.3, 0.4) is 0 Å². The fourth-order valence-corrected chi connectivity index (χ4v) is 2.17. The number of para-hydroxylation sites is 1. The summed E-state index contributed by atoms with van der Waals surface area (Å²) in [6.45, 7) is 3.78. The Balaban J connectivity index is 2.51.